The van der Waals surface area contributed by atoms with E-state index in [2.05, 4.69) is 4.90 Å². The second kappa shape index (κ2) is 8.18. The Labute approximate surface area is 121 Å². The summed E-state index contributed by atoms with van der Waals surface area (Å²) in [7, 11) is 0. The fourth-order valence-corrected chi connectivity index (χ4v) is 2.22. The minimum Gasteiger partial charge on any atom is -1.00 e. The number of carbonyl (C=O) groups excluding carboxylic acids is 1. The molecule has 3 nitrogen and oxygen atoms in total. The Morgan fingerprint density at radius 3 is 2.42 bits per heavy atom. The van der Waals surface area contributed by atoms with Gasteiger partial charge < -0.3 is 17.1 Å². The van der Waals surface area contributed by atoms with Gasteiger partial charge in [-0.1, -0.05) is 24.1 Å². The molecule has 106 valence electrons. The van der Waals surface area contributed by atoms with Crippen LogP contribution in [0.25, 0.3) is 0 Å². The van der Waals surface area contributed by atoms with Gasteiger partial charge in [-0.15, -0.1) is 0 Å². The topological polar surface area (TPSA) is 29.5 Å². The number of likely N-dealkylation sites (tertiary alicyclic amines) is 1. The first-order valence-corrected chi connectivity index (χ1v) is 6.72. The number of carbonyl (C=O) groups is 1. The molecule has 0 N–H and O–H groups in total. The Morgan fingerprint density at radius 2 is 1.79 bits per heavy atom. The van der Waals surface area contributed by atoms with Gasteiger partial charge in [0.25, 0.3) is 0 Å². The molecule has 0 bridgehead atoms. The zero-order chi connectivity index (χ0) is 12.8. The summed E-state index contributed by atoms with van der Waals surface area (Å²) in [5.74, 6) is -0.216. The van der Waals surface area contributed by atoms with Gasteiger partial charge in [-0.3, -0.25) is 4.90 Å². The molecule has 0 atom stereocenters. The summed E-state index contributed by atoms with van der Waals surface area (Å²) in [4.78, 5) is 14.1. The van der Waals surface area contributed by atoms with Crippen LogP contribution in [-0.2, 0) is 4.74 Å². The molecular formula is C15H21ClNO2-. The minimum atomic E-state index is -0.216. The van der Waals surface area contributed by atoms with Gasteiger partial charge in [-0.2, -0.15) is 0 Å². The van der Waals surface area contributed by atoms with Crippen molar-refractivity contribution in [3.63, 3.8) is 0 Å². The van der Waals surface area contributed by atoms with Crippen molar-refractivity contribution in [1.29, 1.82) is 0 Å². The molecule has 0 aromatic heterocycles. The third-order valence-corrected chi connectivity index (χ3v) is 3.38. The number of halogens is 1. The van der Waals surface area contributed by atoms with Crippen molar-refractivity contribution in [3.05, 3.63) is 35.4 Å². The van der Waals surface area contributed by atoms with Gasteiger partial charge in [0.2, 0.25) is 0 Å². The third-order valence-electron chi connectivity index (χ3n) is 3.38. The SMILES string of the molecule is Cc1ccc(C(=O)OCCN2CCCCC2)cc1.[Cl-]. The molecule has 1 aromatic carbocycles. The van der Waals surface area contributed by atoms with Crippen LogP contribution in [0.15, 0.2) is 24.3 Å². The maximum Gasteiger partial charge on any atom is 0.338 e. The standard InChI is InChI=1S/C15H21NO2.ClH/c1-13-5-7-14(8-6-13)15(17)18-12-11-16-9-3-2-4-10-16;/h5-8H,2-4,9-12H2,1H3;1H/p-1. The molecule has 0 aliphatic carbocycles. The second-order valence-corrected chi connectivity index (χ2v) is 4.90. The van der Waals surface area contributed by atoms with Crippen LogP contribution in [0.2, 0.25) is 0 Å². The van der Waals surface area contributed by atoms with Gasteiger partial charge in [-0.25, -0.2) is 4.79 Å². The molecule has 2 rings (SSSR count). The van der Waals surface area contributed by atoms with Crippen LogP contribution >= 0.6 is 0 Å². The Balaban J connectivity index is 0.00000180. The van der Waals surface area contributed by atoms with Crippen molar-refractivity contribution >= 4 is 5.97 Å². The molecule has 4 heteroatoms. The number of rotatable bonds is 4. The van der Waals surface area contributed by atoms with E-state index in [0.29, 0.717) is 12.2 Å². The van der Waals surface area contributed by atoms with Crippen LogP contribution in [0, 0.1) is 6.92 Å². The quantitative estimate of drug-likeness (QED) is 0.707. The van der Waals surface area contributed by atoms with E-state index in [1.54, 1.807) is 0 Å². The number of hydrogen-bond donors (Lipinski definition) is 0. The van der Waals surface area contributed by atoms with Crippen LogP contribution in [0.4, 0.5) is 0 Å². The van der Waals surface area contributed by atoms with Crippen molar-refractivity contribution in [2.24, 2.45) is 0 Å². The van der Waals surface area contributed by atoms with E-state index in [0.717, 1.165) is 25.2 Å². The van der Waals surface area contributed by atoms with Crippen molar-refractivity contribution in [1.82, 2.24) is 4.90 Å². The van der Waals surface area contributed by atoms with E-state index < -0.39 is 0 Å². The molecule has 0 saturated carbocycles. The van der Waals surface area contributed by atoms with Gasteiger partial charge in [0.15, 0.2) is 0 Å². The van der Waals surface area contributed by atoms with E-state index in [1.807, 2.05) is 31.2 Å². The van der Waals surface area contributed by atoms with Crippen molar-refractivity contribution in [3.8, 4) is 0 Å². The van der Waals surface area contributed by atoms with E-state index in [-0.39, 0.29) is 18.4 Å². The van der Waals surface area contributed by atoms with Crippen molar-refractivity contribution < 1.29 is 21.9 Å². The lowest BCUT2D eigenvalue weighted by Gasteiger charge is -2.25. The lowest BCUT2D eigenvalue weighted by atomic mass is 10.1. The summed E-state index contributed by atoms with van der Waals surface area (Å²) in [6, 6.07) is 7.50. The normalized spacial score (nSPS) is 15.6. The highest BCUT2D eigenvalue weighted by Gasteiger charge is 2.11. The summed E-state index contributed by atoms with van der Waals surface area (Å²) in [6.07, 6.45) is 3.87. The predicted octanol–water partition coefficient (Wildman–Crippen LogP) is -0.358. The molecule has 1 aliphatic heterocycles. The summed E-state index contributed by atoms with van der Waals surface area (Å²) >= 11 is 0. The molecule has 0 amide bonds. The molecule has 1 heterocycles. The number of piperidine rings is 1. The summed E-state index contributed by atoms with van der Waals surface area (Å²) in [5, 5.41) is 0. The lowest BCUT2D eigenvalue weighted by Crippen LogP contribution is -3.00. The number of esters is 1. The molecule has 1 saturated heterocycles. The van der Waals surface area contributed by atoms with Gasteiger partial charge in [0, 0.05) is 6.54 Å². The van der Waals surface area contributed by atoms with E-state index in [9.17, 15) is 4.79 Å². The predicted molar refractivity (Wildman–Crippen MR) is 71.8 cm³/mol. The van der Waals surface area contributed by atoms with Gasteiger partial charge in [-0.05, 0) is 45.0 Å². The lowest BCUT2D eigenvalue weighted by molar-refractivity contribution is -0.0000232. The van der Waals surface area contributed by atoms with Gasteiger partial charge >= 0.3 is 5.97 Å². The number of hydrogen-bond acceptors (Lipinski definition) is 3. The van der Waals surface area contributed by atoms with Crippen molar-refractivity contribution in [2.45, 2.75) is 26.2 Å². The molecule has 0 unspecified atom stereocenters. The number of benzene rings is 1. The molecule has 1 fully saturated rings. The van der Waals surface area contributed by atoms with Crippen LogP contribution in [0.5, 0.6) is 0 Å². The maximum absolute atomic E-state index is 11.8. The monoisotopic (exact) mass is 282 g/mol. The van der Waals surface area contributed by atoms with E-state index >= 15 is 0 Å². The average Bonchev–Trinajstić information content (AvgIpc) is 2.40. The maximum atomic E-state index is 11.8. The zero-order valence-corrected chi connectivity index (χ0v) is 12.2. The molecule has 1 aliphatic rings. The molecule has 19 heavy (non-hydrogen) atoms. The molecule has 0 radical (unpaired) electrons. The largest absolute Gasteiger partial charge is 1.00 e. The number of nitrogens with zero attached hydrogens (tertiary/aromatic N) is 1. The average molecular weight is 283 g/mol. The highest BCUT2D eigenvalue weighted by Crippen LogP contribution is 2.08. The Morgan fingerprint density at radius 1 is 1.16 bits per heavy atom. The van der Waals surface area contributed by atoms with E-state index in [4.69, 9.17) is 4.74 Å². The highest BCUT2D eigenvalue weighted by molar-refractivity contribution is 5.89. The fourth-order valence-electron chi connectivity index (χ4n) is 2.22. The van der Waals surface area contributed by atoms with Gasteiger partial charge in [0.1, 0.15) is 6.61 Å². The summed E-state index contributed by atoms with van der Waals surface area (Å²) in [6.45, 7) is 5.64. The first kappa shape index (κ1) is 16.0. The summed E-state index contributed by atoms with van der Waals surface area (Å²) in [5.41, 5.74) is 1.79. The third kappa shape index (κ3) is 5.21. The minimum absolute atomic E-state index is 0. The smallest absolute Gasteiger partial charge is 0.338 e. The molecule has 0 spiro atoms. The van der Waals surface area contributed by atoms with Crippen molar-refractivity contribution in [2.75, 3.05) is 26.2 Å². The molecular weight excluding hydrogens is 262 g/mol. The van der Waals surface area contributed by atoms with E-state index in [1.165, 1.54) is 19.3 Å². The van der Waals surface area contributed by atoms with Crippen LogP contribution < -0.4 is 12.4 Å². The summed E-state index contributed by atoms with van der Waals surface area (Å²) < 4.78 is 5.29. The van der Waals surface area contributed by atoms with Crippen LogP contribution in [0.1, 0.15) is 35.2 Å². The second-order valence-electron chi connectivity index (χ2n) is 4.90. The highest BCUT2D eigenvalue weighted by atomic mass is 35.5. The zero-order valence-electron chi connectivity index (χ0n) is 11.4. The number of ether oxygens (including phenoxy) is 1. The number of aryl methyl sites for hydroxylation is 1. The Hall–Kier alpha value is -1.06. The first-order chi connectivity index (χ1) is 8.75. The van der Waals surface area contributed by atoms with Gasteiger partial charge in [0.05, 0.1) is 5.56 Å². The Kier molecular flexibility index (Phi) is 6.89. The first-order valence-electron chi connectivity index (χ1n) is 6.72. The van der Waals surface area contributed by atoms with Crippen LogP contribution in [0.3, 0.4) is 0 Å². The molecule has 1 aromatic rings. The Bertz CT molecular complexity index is 386. The fraction of sp³-hybridized carbons (Fsp3) is 0.533. The van der Waals surface area contributed by atoms with Crippen LogP contribution in [-0.4, -0.2) is 37.1 Å².